The van der Waals surface area contributed by atoms with Crippen LogP contribution < -0.4 is 0 Å². The first-order valence-corrected chi connectivity index (χ1v) is 5.81. The van der Waals surface area contributed by atoms with E-state index in [0.29, 0.717) is 6.54 Å². The number of benzene rings is 1. The topological polar surface area (TPSA) is 68.0 Å². The molecule has 0 fully saturated rings. The van der Waals surface area contributed by atoms with E-state index in [9.17, 15) is 4.79 Å². The first-order chi connectivity index (χ1) is 9.24. The van der Waals surface area contributed by atoms with E-state index in [1.807, 2.05) is 16.7 Å². The molecule has 0 aliphatic heterocycles. The third-order valence-corrected chi connectivity index (χ3v) is 2.97. The van der Waals surface area contributed by atoms with Crippen LogP contribution in [0.4, 0.5) is 0 Å². The van der Waals surface area contributed by atoms with Crippen LogP contribution in [-0.4, -0.2) is 25.6 Å². The molecule has 0 radical (unpaired) electrons. The molecule has 5 nitrogen and oxygen atoms in total. The molecule has 2 heterocycles. The van der Waals surface area contributed by atoms with Gasteiger partial charge in [0.1, 0.15) is 0 Å². The molecular formula is C14H11N3O2. The highest BCUT2D eigenvalue weighted by Gasteiger charge is 2.08. The van der Waals surface area contributed by atoms with Crippen molar-refractivity contribution in [3.8, 4) is 0 Å². The van der Waals surface area contributed by atoms with Crippen molar-refractivity contribution in [1.82, 2.24) is 14.5 Å². The van der Waals surface area contributed by atoms with Gasteiger partial charge in [-0.05, 0) is 35.9 Å². The SMILES string of the molecule is O=C(O)c1ccc2ncn(Cc3ccncc3)c2c1. The summed E-state index contributed by atoms with van der Waals surface area (Å²) >= 11 is 0. The van der Waals surface area contributed by atoms with Crippen molar-refractivity contribution in [3.63, 3.8) is 0 Å². The number of hydrogen-bond donors (Lipinski definition) is 1. The summed E-state index contributed by atoms with van der Waals surface area (Å²) in [5, 5.41) is 9.02. The Morgan fingerprint density at radius 3 is 2.74 bits per heavy atom. The number of aromatic carboxylic acids is 1. The van der Waals surface area contributed by atoms with Crippen LogP contribution in [0.25, 0.3) is 11.0 Å². The van der Waals surface area contributed by atoms with Crippen molar-refractivity contribution in [2.24, 2.45) is 0 Å². The molecule has 0 unspecified atom stereocenters. The third-order valence-electron chi connectivity index (χ3n) is 2.97. The average molecular weight is 253 g/mol. The number of carboxylic acids is 1. The fourth-order valence-corrected chi connectivity index (χ4v) is 2.00. The van der Waals surface area contributed by atoms with E-state index in [2.05, 4.69) is 9.97 Å². The van der Waals surface area contributed by atoms with E-state index in [-0.39, 0.29) is 5.56 Å². The van der Waals surface area contributed by atoms with Crippen molar-refractivity contribution in [3.05, 3.63) is 60.2 Å². The molecule has 0 saturated carbocycles. The minimum atomic E-state index is -0.932. The van der Waals surface area contributed by atoms with Gasteiger partial charge in [0.25, 0.3) is 0 Å². The summed E-state index contributed by atoms with van der Waals surface area (Å²) in [5.41, 5.74) is 2.97. The lowest BCUT2D eigenvalue weighted by molar-refractivity contribution is 0.0697. The summed E-state index contributed by atoms with van der Waals surface area (Å²) in [6, 6.07) is 8.78. The second-order valence-electron chi connectivity index (χ2n) is 4.24. The van der Waals surface area contributed by atoms with Crippen LogP contribution in [0.5, 0.6) is 0 Å². The van der Waals surface area contributed by atoms with Gasteiger partial charge in [-0.15, -0.1) is 0 Å². The van der Waals surface area contributed by atoms with E-state index in [0.717, 1.165) is 16.6 Å². The summed E-state index contributed by atoms with van der Waals surface area (Å²) < 4.78 is 1.93. The van der Waals surface area contributed by atoms with E-state index in [1.165, 1.54) is 0 Å². The number of hydrogen-bond acceptors (Lipinski definition) is 3. The Kier molecular flexibility index (Phi) is 2.72. The Bertz CT molecular complexity index is 735. The Morgan fingerprint density at radius 2 is 2.00 bits per heavy atom. The minimum Gasteiger partial charge on any atom is -0.478 e. The number of aromatic nitrogens is 3. The third kappa shape index (κ3) is 2.18. The summed E-state index contributed by atoms with van der Waals surface area (Å²) in [6.45, 7) is 0.641. The molecule has 5 heteroatoms. The second-order valence-corrected chi connectivity index (χ2v) is 4.24. The molecule has 0 bridgehead atoms. The second kappa shape index (κ2) is 4.53. The maximum Gasteiger partial charge on any atom is 0.335 e. The van der Waals surface area contributed by atoms with Gasteiger partial charge in [0.2, 0.25) is 0 Å². The maximum absolute atomic E-state index is 11.0. The number of imidazole rings is 1. The largest absolute Gasteiger partial charge is 0.478 e. The van der Waals surface area contributed by atoms with Gasteiger partial charge in [-0.2, -0.15) is 0 Å². The number of carboxylic acid groups (broad SMARTS) is 1. The maximum atomic E-state index is 11.0. The van der Waals surface area contributed by atoms with Crippen molar-refractivity contribution >= 4 is 17.0 Å². The monoisotopic (exact) mass is 253 g/mol. The van der Waals surface area contributed by atoms with Crippen LogP contribution in [0.3, 0.4) is 0 Å². The summed E-state index contributed by atoms with van der Waals surface area (Å²) in [6.07, 6.45) is 5.19. The zero-order chi connectivity index (χ0) is 13.2. The smallest absolute Gasteiger partial charge is 0.335 e. The van der Waals surface area contributed by atoms with Gasteiger partial charge >= 0.3 is 5.97 Å². The lowest BCUT2D eigenvalue weighted by Gasteiger charge is -2.04. The highest BCUT2D eigenvalue weighted by Crippen LogP contribution is 2.16. The van der Waals surface area contributed by atoms with Crippen molar-refractivity contribution in [2.75, 3.05) is 0 Å². The Labute approximate surface area is 109 Å². The molecule has 0 aliphatic rings. The van der Waals surface area contributed by atoms with Crippen LogP contribution in [-0.2, 0) is 6.54 Å². The fraction of sp³-hybridized carbons (Fsp3) is 0.0714. The molecule has 1 aromatic carbocycles. The summed E-state index contributed by atoms with van der Waals surface area (Å²) in [5.74, 6) is -0.932. The molecule has 19 heavy (non-hydrogen) atoms. The Morgan fingerprint density at radius 1 is 1.21 bits per heavy atom. The summed E-state index contributed by atoms with van der Waals surface area (Å²) in [7, 11) is 0. The number of nitrogens with zero attached hydrogens (tertiary/aromatic N) is 3. The highest BCUT2D eigenvalue weighted by atomic mass is 16.4. The van der Waals surface area contributed by atoms with Crippen molar-refractivity contribution in [2.45, 2.75) is 6.54 Å². The molecule has 0 amide bonds. The molecule has 94 valence electrons. The molecule has 0 saturated heterocycles. The lowest BCUT2D eigenvalue weighted by Crippen LogP contribution is -2.00. The molecule has 2 aromatic heterocycles. The predicted molar refractivity (Wildman–Crippen MR) is 70.0 cm³/mol. The molecule has 3 rings (SSSR count). The molecule has 0 spiro atoms. The van der Waals surface area contributed by atoms with Gasteiger partial charge in [0, 0.05) is 18.9 Å². The Hall–Kier alpha value is -2.69. The highest BCUT2D eigenvalue weighted by molar-refractivity contribution is 5.92. The average Bonchev–Trinajstić information content (AvgIpc) is 2.82. The predicted octanol–water partition coefficient (Wildman–Crippen LogP) is 2.18. The van der Waals surface area contributed by atoms with Crippen molar-refractivity contribution < 1.29 is 9.90 Å². The van der Waals surface area contributed by atoms with Gasteiger partial charge in [0.15, 0.2) is 0 Å². The number of rotatable bonds is 3. The first-order valence-electron chi connectivity index (χ1n) is 5.81. The lowest BCUT2D eigenvalue weighted by atomic mass is 10.2. The van der Waals surface area contributed by atoms with E-state index in [4.69, 9.17) is 5.11 Å². The van der Waals surface area contributed by atoms with Gasteiger partial charge in [-0.25, -0.2) is 9.78 Å². The number of pyridine rings is 1. The number of fused-ring (bicyclic) bond motifs is 1. The van der Waals surface area contributed by atoms with E-state index < -0.39 is 5.97 Å². The molecule has 3 aromatic rings. The molecule has 1 N–H and O–H groups in total. The van der Waals surface area contributed by atoms with Crippen LogP contribution in [0, 0.1) is 0 Å². The fourth-order valence-electron chi connectivity index (χ4n) is 2.00. The standard InChI is InChI=1S/C14H11N3O2/c18-14(19)11-1-2-12-13(7-11)17(9-16-12)8-10-3-5-15-6-4-10/h1-7,9H,8H2,(H,18,19). The minimum absolute atomic E-state index is 0.268. The Balaban J connectivity index is 2.04. The van der Waals surface area contributed by atoms with Crippen molar-refractivity contribution in [1.29, 1.82) is 0 Å². The zero-order valence-corrected chi connectivity index (χ0v) is 10.0. The normalized spacial score (nSPS) is 10.7. The zero-order valence-electron chi connectivity index (χ0n) is 10.0. The van der Waals surface area contributed by atoms with Gasteiger partial charge in [-0.3, -0.25) is 4.98 Å². The molecule has 0 aliphatic carbocycles. The first kappa shape index (κ1) is 11.4. The van der Waals surface area contributed by atoms with Crippen LogP contribution >= 0.6 is 0 Å². The molecule has 0 atom stereocenters. The van der Waals surface area contributed by atoms with Crippen LogP contribution in [0.15, 0.2) is 49.1 Å². The van der Waals surface area contributed by atoms with Crippen LogP contribution in [0.2, 0.25) is 0 Å². The van der Waals surface area contributed by atoms with Crippen LogP contribution in [0.1, 0.15) is 15.9 Å². The van der Waals surface area contributed by atoms with E-state index in [1.54, 1.807) is 36.9 Å². The number of carbonyl (C=O) groups is 1. The quantitative estimate of drug-likeness (QED) is 0.776. The van der Waals surface area contributed by atoms with Gasteiger partial charge < -0.3 is 9.67 Å². The summed E-state index contributed by atoms with van der Waals surface area (Å²) in [4.78, 5) is 19.2. The molecular weight excluding hydrogens is 242 g/mol. The van der Waals surface area contributed by atoms with Gasteiger partial charge in [0.05, 0.1) is 22.9 Å². The van der Waals surface area contributed by atoms with Gasteiger partial charge in [-0.1, -0.05) is 0 Å². The van der Waals surface area contributed by atoms with E-state index >= 15 is 0 Å².